The van der Waals surface area contributed by atoms with E-state index in [9.17, 15) is 14.7 Å². The van der Waals surface area contributed by atoms with Gasteiger partial charge in [-0.25, -0.2) is 0 Å². The first kappa shape index (κ1) is 14.9. The molecule has 1 heterocycles. The molecule has 1 amide bonds. The van der Waals surface area contributed by atoms with Gasteiger partial charge in [-0.2, -0.15) is 0 Å². The molecule has 18 heavy (non-hydrogen) atoms. The lowest BCUT2D eigenvalue weighted by Gasteiger charge is -2.29. The maximum atomic E-state index is 11.2. The minimum absolute atomic E-state index is 0.133. The van der Waals surface area contributed by atoms with Crippen molar-refractivity contribution in [1.29, 1.82) is 0 Å². The van der Waals surface area contributed by atoms with Crippen LogP contribution in [0, 0.1) is 5.92 Å². The number of rotatable bonds is 5. The normalized spacial score (nSPS) is 29.3. The topological polar surface area (TPSA) is 107 Å². The van der Waals surface area contributed by atoms with Crippen molar-refractivity contribution in [2.45, 2.75) is 57.8 Å². The average Bonchev–Trinajstić information content (AvgIpc) is 2.58. The van der Waals surface area contributed by atoms with Crippen LogP contribution in [-0.4, -0.2) is 36.0 Å². The number of aliphatic carboxylic acids is 1. The average molecular weight is 256 g/mol. The Morgan fingerprint density at radius 1 is 1.50 bits per heavy atom. The highest BCUT2D eigenvalue weighted by Gasteiger charge is 2.37. The molecule has 0 aromatic carbocycles. The molecular formula is C12H22N3O3-. The number of carboxylic acids is 1. The molecule has 0 aromatic heterocycles. The zero-order chi connectivity index (χ0) is 13.9. The lowest BCUT2D eigenvalue weighted by Crippen LogP contribution is -2.55. The lowest BCUT2D eigenvalue weighted by atomic mass is 9.94. The van der Waals surface area contributed by atoms with Gasteiger partial charge in [0.25, 0.3) is 0 Å². The van der Waals surface area contributed by atoms with E-state index < -0.39 is 12.0 Å². The molecule has 4 atom stereocenters. The largest absolute Gasteiger partial charge is 0.548 e. The van der Waals surface area contributed by atoms with E-state index >= 15 is 0 Å². The second-order valence-electron chi connectivity index (χ2n) is 5.40. The molecule has 1 aliphatic rings. The van der Waals surface area contributed by atoms with Crippen molar-refractivity contribution < 1.29 is 14.7 Å². The van der Waals surface area contributed by atoms with Gasteiger partial charge in [-0.1, -0.05) is 13.8 Å². The predicted molar refractivity (Wildman–Crippen MR) is 65.4 cm³/mol. The van der Waals surface area contributed by atoms with Crippen LogP contribution in [0.4, 0.5) is 0 Å². The smallest absolute Gasteiger partial charge is 0.217 e. The number of nitrogens with one attached hydrogen (secondary N) is 2. The SMILES string of the molecule is CC(=O)NC(CC(C)C)C1NC(C(=O)[O-])CC1N. The van der Waals surface area contributed by atoms with Gasteiger partial charge in [-0.05, 0) is 18.8 Å². The standard InChI is InChI=1S/C12H23N3O3/c1-6(2)4-9(14-7(3)16)11-8(13)5-10(15-11)12(17)18/h6,8-11,15H,4-5,13H2,1-3H3,(H,14,16)(H,17,18)/p-1. The molecule has 6 nitrogen and oxygen atoms in total. The number of hydrogen-bond donors (Lipinski definition) is 3. The van der Waals surface area contributed by atoms with E-state index in [1.54, 1.807) is 0 Å². The zero-order valence-electron chi connectivity index (χ0n) is 11.1. The van der Waals surface area contributed by atoms with Gasteiger partial charge in [0.2, 0.25) is 5.91 Å². The molecule has 0 aromatic rings. The third kappa shape index (κ3) is 3.96. The van der Waals surface area contributed by atoms with Gasteiger partial charge in [0.1, 0.15) is 0 Å². The van der Waals surface area contributed by atoms with Crippen molar-refractivity contribution >= 4 is 11.9 Å². The van der Waals surface area contributed by atoms with Crippen LogP contribution in [0.5, 0.6) is 0 Å². The minimum atomic E-state index is -1.14. The molecule has 4 N–H and O–H groups in total. The molecule has 104 valence electrons. The second kappa shape index (κ2) is 6.15. The number of carboxylic acid groups (broad SMARTS) is 1. The third-order valence-corrected chi connectivity index (χ3v) is 3.19. The van der Waals surface area contributed by atoms with Crippen LogP contribution in [0.2, 0.25) is 0 Å². The van der Waals surface area contributed by atoms with Crippen molar-refractivity contribution in [3.05, 3.63) is 0 Å². The number of amides is 1. The fraction of sp³-hybridized carbons (Fsp3) is 0.833. The van der Waals surface area contributed by atoms with Gasteiger partial charge in [-0.3, -0.25) is 4.79 Å². The number of hydrogen-bond acceptors (Lipinski definition) is 5. The summed E-state index contributed by atoms with van der Waals surface area (Å²) in [5.74, 6) is -0.886. The first-order valence-electron chi connectivity index (χ1n) is 6.30. The van der Waals surface area contributed by atoms with E-state index in [0.717, 1.165) is 6.42 Å². The molecule has 0 saturated carbocycles. The van der Waals surface area contributed by atoms with Crippen LogP contribution < -0.4 is 21.5 Å². The summed E-state index contributed by atoms with van der Waals surface area (Å²) in [4.78, 5) is 22.0. The van der Waals surface area contributed by atoms with Gasteiger partial charge in [-0.15, -0.1) is 0 Å². The molecule has 0 bridgehead atoms. The number of carbonyl (C=O) groups excluding carboxylic acids is 2. The molecule has 1 rings (SSSR count). The van der Waals surface area contributed by atoms with E-state index in [2.05, 4.69) is 10.6 Å². The van der Waals surface area contributed by atoms with Crippen molar-refractivity contribution in [2.75, 3.05) is 0 Å². The summed E-state index contributed by atoms with van der Waals surface area (Å²) in [5.41, 5.74) is 5.95. The maximum absolute atomic E-state index is 11.2. The van der Waals surface area contributed by atoms with Crippen LogP contribution in [-0.2, 0) is 9.59 Å². The summed E-state index contributed by atoms with van der Waals surface area (Å²) in [7, 11) is 0. The molecule has 0 spiro atoms. The summed E-state index contributed by atoms with van der Waals surface area (Å²) in [5, 5.41) is 16.6. The summed E-state index contributed by atoms with van der Waals surface area (Å²) < 4.78 is 0. The Kier molecular flexibility index (Phi) is 5.10. The van der Waals surface area contributed by atoms with Gasteiger partial charge in [0.05, 0.1) is 5.97 Å². The minimum Gasteiger partial charge on any atom is -0.548 e. The Morgan fingerprint density at radius 2 is 2.11 bits per heavy atom. The van der Waals surface area contributed by atoms with Crippen LogP contribution >= 0.6 is 0 Å². The highest BCUT2D eigenvalue weighted by Crippen LogP contribution is 2.18. The fourth-order valence-corrected chi connectivity index (χ4v) is 2.49. The summed E-state index contributed by atoms with van der Waals surface area (Å²) in [6.07, 6.45) is 1.09. The van der Waals surface area contributed by atoms with Crippen molar-refractivity contribution in [3.8, 4) is 0 Å². The molecule has 0 radical (unpaired) electrons. The molecule has 6 heteroatoms. The van der Waals surface area contributed by atoms with Gasteiger partial charge < -0.3 is 26.3 Å². The predicted octanol–water partition coefficient (Wildman–Crippen LogP) is -1.66. The molecule has 1 fully saturated rings. The highest BCUT2D eigenvalue weighted by molar-refractivity contribution is 5.74. The van der Waals surface area contributed by atoms with Crippen molar-refractivity contribution in [1.82, 2.24) is 10.6 Å². The van der Waals surface area contributed by atoms with Crippen LogP contribution in [0.15, 0.2) is 0 Å². The number of carbonyl (C=O) groups is 2. The summed E-state index contributed by atoms with van der Waals surface area (Å²) in [6, 6.07) is -1.39. The van der Waals surface area contributed by atoms with Gasteiger partial charge in [0.15, 0.2) is 0 Å². The molecular weight excluding hydrogens is 234 g/mol. The van der Waals surface area contributed by atoms with E-state index in [1.807, 2.05) is 13.8 Å². The lowest BCUT2D eigenvalue weighted by molar-refractivity contribution is -0.308. The van der Waals surface area contributed by atoms with E-state index in [4.69, 9.17) is 5.73 Å². The first-order valence-corrected chi connectivity index (χ1v) is 6.30. The monoisotopic (exact) mass is 256 g/mol. The molecule has 1 saturated heterocycles. The van der Waals surface area contributed by atoms with Gasteiger partial charge in [0, 0.05) is 31.1 Å². The first-order chi connectivity index (χ1) is 8.31. The summed E-state index contributed by atoms with van der Waals surface area (Å²) >= 11 is 0. The zero-order valence-corrected chi connectivity index (χ0v) is 11.1. The third-order valence-electron chi connectivity index (χ3n) is 3.19. The number of nitrogens with two attached hydrogens (primary N) is 1. The molecule has 4 unspecified atom stereocenters. The Hall–Kier alpha value is -1.14. The Morgan fingerprint density at radius 3 is 2.50 bits per heavy atom. The van der Waals surface area contributed by atoms with Crippen LogP contribution in [0.1, 0.15) is 33.6 Å². The Bertz CT molecular complexity index is 320. The quantitative estimate of drug-likeness (QED) is 0.546. The highest BCUT2D eigenvalue weighted by atomic mass is 16.4. The molecule has 0 aliphatic carbocycles. The van der Waals surface area contributed by atoms with Gasteiger partial charge >= 0.3 is 0 Å². The van der Waals surface area contributed by atoms with Crippen molar-refractivity contribution in [3.63, 3.8) is 0 Å². The molecule has 1 aliphatic heterocycles. The Labute approximate surface area is 107 Å². The second-order valence-corrected chi connectivity index (χ2v) is 5.40. The van der Waals surface area contributed by atoms with Crippen LogP contribution in [0.25, 0.3) is 0 Å². The van der Waals surface area contributed by atoms with Crippen molar-refractivity contribution in [2.24, 2.45) is 11.7 Å². The van der Waals surface area contributed by atoms with Crippen LogP contribution in [0.3, 0.4) is 0 Å². The Balaban J connectivity index is 2.72. The van der Waals surface area contributed by atoms with E-state index in [0.29, 0.717) is 12.3 Å². The van der Waals surface area contributed by atoms with E-state index in [1.165, 1.54) is 6.92 Å². The fourth-order valence-electron chi connectivity index (χ4n) is 2.49. The van der Waals surface area contributed by atoms with E-state index in [-0.39, 0.29) is 24.0 Å². The summed E-state index contributed by atoms with van der Waals surface area (Å²) in [6.45, 7) is 5.54. The maximum Gasteiger partial charge on any atom is 0.217 e.